The van der Waals surface area contributed by atoms with Crippen molar-refractivity contribution in [1.82, 2.24) is 10.2 Å². The highest BCUT2D eigenvalue weighted by atomic mass is 16.5. The summed E-state index contributed by atoms with van der Waals surface area (Å²) in [5, 5.41) is 3.22. The van der Waals surface area contributed by atoms with Crippen LogP contribution in [0.25, 0.3) is 6.08 Å². The van der Waals surface area contributed by atoms with Crippen LogP contribution in [0.3, 0.4) is 0 Å². The summed E-state index contributed by atoms with van der Waals surface area (Å²) >= 11 is 0. The molecule has 1 N–H and O–H groups in total. The smallest absolute Gasteiger partial charge is 0.332 e. The van der Waals surface area contributed by atoms with E-state index in [9.17, 15) is 9.59 Å². The van der Waals surface area contributed by atoms with Gasteiger partial charge >= 0.3 is 5.97 Å². The molecular weight excluding hydrogens is 480 g/mol. The fraction of sp³-hybridized carbons (Fsp3) is 0.226. The van der Waals surface area contributed by atoms with Gasteiger partial charge in [-0.1, -0.05) is 66.7 Å². The van der Waals surface area contributed by atoms with Crippen molar-refractivity contribution in [2.24, 2.45) is 0 Å². The van der Waals surface area contributed by atoms with Gasteiger partial charge in [0.2, 0.25) is 5.91 Å². The maximum Gasteiger partial charge on any atom is 0.332 e. The molecule has 1 aliphatic rings. The van der Waals surface area contributed by atoms with Gasteiger partial charge in [0.05, 0.1) is 33.4 Å². The van der Waals surface area contributed by atoms with Gasteiger partial charge in [0, 0.05) is 11.8 Å². The number of carbonyl (C=O) groups excluding carboxylic acids is 2. The van der Waals surface area contributed by atoms with Crippen molar-refractivity contribution in [3.8, 4) is 11.5 Å². The van der Waals surface area contributed by atoms with Crippen LogP contribution >= 0.6 is 0 Å². The molecular formula is C31H32N2O5. The van der Waals surface area contributed by atoms with Crippen molar-refractivity contribution >= 4 is 18.0 Å². The number of nitrogens with zero attached hydrogens (tertiary/aromatic N) is 1. The van der Waals surface area contributed by atoms with Gasteiger partial charge in [-0.25, -0.2) is 4.79 Å². The number of amides is 1. The number of nitrogens with one attached hydrogen (secondary N) is 1. The minimum absolute atomic E-state index is 0.0815. The Labute approximate surface area is 223 Å². The standard InChI is InChI=1S/C31H32N2O5/c1-21(20-28(34)38-4)32-29-27(19-10-22-8-6-5-7-9-22)33(31(29)35)30(23-11-15-25(36-2)16-12-23)24-13-17-26(37-3)18-14-24/h5-20,27,29-30,32H,1-4H3. The maximum atomic E-state index is 13.7. The number of allylic oxidation sites excluding steroid dienone is 1. The summed E-state index contributed by atoms with van der Waals surface area (Å²) in [6.07, 6.45) is 5.38. The van der Waals surface area contributed by atoms with Gasteiger partial charge < -0.3 is 24.4 Å². The topological polar surface area (TPSA) is 77.1 Å². The van der Waals surface area contributed by atoms with Crippen LogP contribution in [0.15, 0.2) is 96.7 Å². The highest BCUT2D eigenvalue weighted by Gasteiger charge is 2.50. The van der Waals surface area contributed by atoms with E-state index in [4.69, 9.17) is 14.2 Å². The minimum Gasteiger partial charge on any atom is -0.497 e. The highest BCUT2D eigenvalue weighted by Crippen LogP contribution is 2.39. The molecule has 1 fully saturated rings. The van der Waals surface area contributed by atoms with Crippen molar-refractivity contribution in [3.05, 3.63) is 113 Å². The summed E-state index contributed by atoms with van der Waals surface area (Å²) in [5.41, 5.74) is 3.47. The Bertz CT molecular complexity index is 1250. The molecule has 7 nitrogen and oxygen atoms in total. The van der Waals surface area contributed by atoms with Crippen molar-refractivity contribution in [2.45, 2.75) is 25.0 Å². The van der Waals surface area contributed by atoms with Gasteiger partial charge in [-0.2, -0.15) is 0 Å². The van der Waals surface area contributed by atoms with Crippen LogP contribution in [0.1, 0.15) is 29.7 Å². The number of methoxy groups -OCH3 is 3. The molecule has 1 saturated heterocycles. The molecule has 196 valence electrons. The van der Waals surface area contributed by atoms with Gasteiger partial charge in [0.15, 0.2) is 0 Å². The molecule has 3 aromatic carbocycles. The van der Waals surface area contributed by atoms with Gasteiger partial charge in [-0.3, -0.25) is 4.79 Å². The van der Waals surface area contributed by atoms with E-state index in [1.165, 1.54) is 13.2 Å². The van der Waals surface area contributed by atoms with Crippen LogP contribution in [0, 0.1) is 0 Å². The predicted molar refractivity (Wildman–Crippen MR) is 147 cm³/mol. The molecule has 0 aliphatic carbocycles. The lowest BCUT2D eigenvalue weighted by Gasteiger charge is -2.50. The summed E-state index contributed by atoms with van der Waals surface area (Å²) < 4.78 is 15.5. The van der Waals surface area contributed by atoms with Crippen molar-refractivity contribution in [2.75, 3.05) is 21.3 Å². The zero-order valence-electron chi connectivity index (χ0n) is 22.0. The van der Waals surface area contributed by atoms with Gasteiger partial charge in [-0.15, -0.1) is 0 Å². The predicted octanol–water partition coefficient (Wildman–Crippen LogP) is 4.75. The number of ether oxygens (including phenoxy) is 3. The molecule has 0 bridgehead atoms. The Morgan fingerprint density at radius 3 is 1.92 bits per heavy atom. The van der Waals surface area contributed by atoms with E-state index in [2.05, 4.69) is 5.32 Å². The van der Waals surface area contributed by atoms with E-state index in [1.807, 2.05) is 95.9 Å². The molecule has 38 heavy (non-hydrogen) atoms. The van der Waals surface area contributed by atoms with Crippen LogP contribution < -0.4 is 14.8 Å². The number of carbonyl (C=O) groups is 2. The third-order valence-corrected chi connectivity index (χ3v) is 6.53. The molecule has 7 heteroatoms. The molecule has 0 spiro atoms. The Morgan fingerprint density at radius 1 is 0.868 bits per heavy atom. The van der Waals surface area contributed by atoms with Crippen LogP contribution in [-0.2, 0) is 14.3 Å². The fourth-order valence-corrected chi connectivity index (χ4v) is 4.56. The first-order valence-corrected chi connectivity index (χ1v) is 12.3. The van der Waals surface area contributed by atoms with Gasteiger partial charge in [0.1, 0.15) is 17.5 Å². The van der Waals surface area contributed by atoms with Crippen LogP contribution in [0.2, 0.25) is 0 Å². The van der Waals surface area contributed by atoms with Crippen LogP contribution in [0.5, 0.6) is 11.5 Å². The van der Waals surface area contributed by atoms with Gasteiger partial charge in [-0.05, 0) is 47.9 Å². The lowest BCUT2D eigenvalue weighted by Crippen LogP contribution is -2.69. The molecule has 0 saturated carbocycles. The second-order valence-corrected chi connectivity index (χ2v) is 8.93. The first kappa shape index (κ1) is 26.5. The summed E-state index contributed by atoms with van der Waals surface area (Å²) in [7, 11) is 4.57. The maximum absolute atomic E-state index is 13.7. The molecule has 0 radical (unpaired) electrons. The largest absolute Gasteiger partial charge is 0.497 e. The fourth-order valence-electron chi connectivity index (χ4n) is 4.56. The monoisotopic (exact) mass is 512 g/mol. The van der Waals surface area contributed by atoms with E-state index in [-0.39, 0.29) is 18.0 Å². The Hall–Kier alpha value is -4.52. The average molecular weight is 513 g/mol. The summed E-state index contributed by atoms with van der Waals surface area (Å²) in [6, 6.07) is 24.2. The molecule has 2 unspecified atom stereocenters. The summed E-state index contributed by atoms with van der Waals surface area (Å²) in [4.78, 5) is 27.4. The molecule has 1 aliphatic heterocycles. The molecule has 3 aromatic rings. The minimum atomic E-state index is -0.546. The average Bonchev–Trinajstić information content (AvgIpc) is 2.96. The number of hydrogen-bond acceptors (Lipinski definition) is 6. The number of β-lactam (4-membered cyclic amide) rings is 1. The number of hydrogen-bond donors (Lipinski definition) is 1. The number of esters is 1. The van der Waals surface area contributed by atoms with E-state index in [0.717, 1.165) is 28.2 Å². The third-order valence-electron chi connectivity index (χ3n) is 6.53. The number of rotatable bonds is 10. The Morgan fingerprint density at radius 2 is 1.42 bits per heavy atom. The van der Waals surface area contributed by atoms with E-state index >= 15 is 0 Å². The first-order valence-electron chi connectivity index (χ1n) is 12.3. The molecule has 1 heterocycles. The number of benzene rings is 3. The van der Waals surface area contributed by atoms with Crippen molar-refractivity contribution < 1.29 is 23.8 Å². The molecule has 2 atom stereocenters. The summed E-state index contributed by atoms with van der Waals surface area (Å²) in [6.45, 7) is 1.75. The lowest BCUT2D eigenvalue weighted by atomic mass is 9.86. The molecule has 4 rings (SSSR count). The number of likely N-dealkylation sites (tertiary alicyclic amines) is 1. The van der Waals surface area contributed by atoms with E-state index < -0.39 is 12.0 Å². The van der Waals surface area contributed by atoms with E-state index in [0.29, 0.717) is 5.70 Å². The highest BCUT2D eigenvalue weighted by molar-refractivity contribution is 5.92. The van der Waals surface area contributed by atoms with Gasteiger partial charge in [0.25, 0.3) is 0 Å². The Balaban J connectivity index is 1.74. The quantitative estimate of drug-likeness (QED) is 0.240. The SMILES string of the molecule is COC(=O)C=C(C)NC1C(=O)N(C(c2ccc(OC)cc2)c2ccc(OC)cc2)C1C=Cc1ccccc1. The second-order valence-electron chi connectivity index (χ2n) is 8.93. The normalized spacial score (nSPS) is 17.3. The molecule has 1 amide bonds. The first-order chi connectivity index (χ1) is 18.4. The zero-order valence-corrected chi connectivity index (χ0v) is 22.0. The van der Waals surface area contributed by atoms with E-state index in [1.54, 1.807) is 21.1 Å². The van der Waals surface area contributed by atoms with Crippen molar-refractivity contribution in [3.63, 3.8) is 0 Å². The van der Waals surface area contributed by atoms with Crippen LogP contribution in [0.4, 0.5) is 0 Å². The Kier molecular flexibility index (Phi) is 8.48. The van der Waals surface area contributed by atoms with Crippen molar-refractivity contribution in [1.29, 1.82) is 0 Å². The molecule has 0 aromatic heterocycles. The summed E-state index contributed by atoms with van der Waals surface area (Å²) in [5.74, 6) is 0.910. The zero-order chi connectivity index (χ0) is 27.1. The second kappa shape index (κ2) is 12.1. The lowest BCUT2D eigenvalue weighted by molar-refractivity contribution is -0.151. The third kappa shape index (κ3) is 5.89. The van der Waals surface area contributed by atoms with Crippen LogP contribution in [-0.4, -0.2) is 50.2 Å².